The highest BCUT2D eigenvalue weighted by Crippen LogP contribution is 2.35. The molecule has 3 heterocycles. The summed E-state index contributed by atoms with van der Waals surface area (Å²) in [7, 11) is 1.67. The molecule has 4 aromatic rings. The second-order valence-corrected chi connectivity index (χ2v) is 7.32. The van der Waals surface area contributed by atoms with Crippen molar-refractivity contribution in [3.05, 3.63) is 76.6 Å². The van der Waals surface area contributed by atoms with Crippen LogP contribution in [0.25, 0.3) is 22.0 Å². The standard InChI is InChI=1S/C22H21N5O2/c1-29-16-4-2-3-14(7-16)18-11-23-12-19(18)21-26-20-6-5-13(15-9-24-25-10-15)8-17(20)22(28)27-21/h2-10,18-19,23H,11-12H2,1H3,(H,24,25)(H,26,27,28). The minimum absolute atomic E-state index is 0.0905. The average molecular weight is 387 g/mol. The zero-order valence-electron chi connectivity index (χ0n) is 16.0. The molecule has 5 rings (SSSR count). The van der Waals surface area contributed by atoms with Crippen LogP contribution >= 0.6 is 0 Å². The number of H-pyrrole nitrogens is 2. The Morgan fingerprint density at radius 2 is 1.97 bits per heavy atom. The number of ether oxygens (including phenoxy) is 1. The van der Waals surface area contributed by atoms with Crippen molar-refractivity contribution in [1.82, 2.24) is 25.5 Å². The molecule has 0 spiro atoms. The highest BCUT2D eigenvalue weighted by atomic mass is 16.5. The number of rotatable bonds is 4. The van der Waals surface area contributed by atoms with Crippen LogP contribution in [-0.4, -0.2) is 40.4 Å². The first-order valence-electron chi connectivity index (χ1n) is 9.61. The molecule has 2 unspecified atom stereocenters. The van der Waals surface area contributed by atoms with Crippen LogP contribution in [0.5, 0.6) is 5.75 Å². The summed E-state index contributed by atoms with van der Waals surface area (Å²) in [6, 6.07) is 13.8. The Kier molecular flexibility index (Phi) is 4.37. The van der Waals surface area contributed by atoms with Gasteiger partial charge in [0.2, 0.25) is 0 Å². The SMILES string of the molecule is COc1cccc(C2CNCC2c2nc3ccc(-c4cn[nH]c4)cc3c(=O)[nH]2)c1. The van der Waals surface area contributed by atoms with Crippen molar-refractivity contribution in [2.45, 2.75) is 11.8 Å². The van der Waals surface area contributed by atoms with Gasteiger partial charge in [0.05, 0.1) is 24.2 Å². The monoisotopic (exact) mass is 387 g/mol. The maximum atomic E-state index is 12.9. The van der Waals surface area contributed by atoms with E-state index in [4.69, 9.17) is 9.72 Å². The van der Waals surface area contributed by atoms with Gasteiger partial charge in [-0.3, -0.25) is 9.89 Å². The van der Waals surface area contributed by atoms with Crippen molar-refractivity contribution in [2.75, 3.05) is 20.2 Å². The van der Waals surface area contributed by atoms with Gasteiger partial charge in [-0.1, -0.05) is 18.2 Å². The third-order valence-corrected chi connectivity index (χ3v) is 5.64. The van der Waals surface area contributed by atoms with Gasteiger partial charge in [0, 0.05) is 36.7 Å². The van der Waals surface area contributed by atoms with E-state index >= 15 is 0 Å². The summed E-state index contributed by atoms with van der Waals surface area (Å²) in [6.07, 6.45) is 3.54. The molecule has 2 aromatic heterocycles. The number of benzene rings is 2. The molecule has 29 heavy (non-hydrogen) atoms. The van der Waals surface area contributed by atoms with Crippen LogP contribution in [0.15, 0.2) is 59.7 Å². The molecule has 1 aliphatic rings. The van der Waals surface area contributed by atoms with Crippen molar-refractivity contribution in [3.63, 3.8) is 0 Å². The fourth-order valence-electron chi connectivity index (χ4n) is 4.11. The van der Waals surface area contributed by atoms with Crippen molar-refractivity contribution in [2.24, 2.45) is 0 Å². The molecular formula is C22H21N5O2. The van der Waals surface area contributed by atoms with Gasteiger partial charge < -0.3 is 15.0 Å². The third-order valence-electron chi connectivity index (χ3n) is 5.64. The molecule has 3 N–H and O–H groups in total. The molecule has 0 amide bonds. The Bertz CT molecular complexity index is 1220. The van der Waals surface area contributed by atoms with Crippen molar-refractivity contribution in [3.8, 4) is 16.9 Å². The van der Waals surface area contributed by atoms with Crippen LogP contribution in [0.1, 0.15) is 23.2 Å². The molecule has 2 atom stereocenters. The largest absolute Gasteiger partial charge is 0.497 e. The Morgan fingerprint density at radius 3 is 2.79 bits per heavy atom. The van der Waals surface area contributed by atoms with Crippen molar-refractivity contribution < 1.29 is 4.74 Å². The van der Waals surface area contributed by atoms with Gasteiger partial charge in [-0.25, -0.2) is 4.98 Å². The van der Waals surface area contributed by atoms with Gasteiger partial charge in [-0.2, -0.15) is 5.10 Å². The Hall–Kier alpha value is -3.45. The molecule has 0 saturated carbocycles. The first-order valence-corrected chi connectivity index (χ1v) is 9.61. The average Bonchev–Trinajstić information content (AvgIpc) is 3.46. The van der Waals surface area contributed by atoms with E-state index in [-0.39, 0.29) is 17.4 Å². The third kappa shape index (κ3) is 3.19. The van der Waals surface area contributed by atoms with Crippen LogP contribution in [0.2, 0.25) is 0 Å². The lowest BCUT2D eigenvalue weighted by molar-refractivity contribution is 0.413. The van der Waals surface area contributed by atoms with E-state index in [0.717, 1.165) is 35.8 Å². The summed E-state index contributed by atoms with van der Waals surface area (Å²) in [5.74, 6) is 1.86. The predicted octanol–water partition coefficient (Wildman–Crippen LogP) is 2.79. The van der Waals surface area contributed by atoms with Crippen LogP contribution in [0, 0.1) is 0 Å². The van der Waals surface area contributed by atoms with Crippen molar-refractivity contribution in [1.29, 1.82) is 0 Å². The summed E-state index contributed by atoms with van der Waals surface area (Å²) in [4.78, 5) is 20.7. The molecule has 1 aliphatic heterocycles. The van der Waals surface area contributed by atoms with Gasteiger partial charge in [-0.05, 0) is 35.4 Å². The number of aromatic nitrogens is 4. The maximum Gasteiger partial charge on any atom is 0.258 e. The minimum Gasteiger partial charge on any atom is -0.497 e. The first kappa shape index (κ1) is 17.6. The minimum atomic E-state index is -0.119. The fraction of sp³-hybridized carbons (Fsp3) is 0.227. The molecule has 2 aromatic carbocycles. The van der Waals surface area contributed by atoms with E-state index in [9.17, 15) is 4.79 Å². The molecule has 146 valence electrons. The normalized spacial score (nSPS) is 18.9. The second-order valence-electron chi connectivity index (χ2n) is 7.32. The molecule has 7 heteroatoms. The summed E-state index contributed by atoms with van der Waals surface area (Å²) >= 11 is 0. The van der Waals surface area contributed by atoms with E-state index < -0.39 is 0 Å². The number of hydrogen-bond donors (Lipinski definition) is 3. The van der Waals surface area contributed by atoms with E-state index in [0.29, 0.717) is 10.9 Å². The summed E-state index contributed by atoms with van der Waals surface area (Å²) in [5, 5.41) is 10.8. The number of hydrogen-bond acceptors (Lipinski definition) is 5. The summed E-state index contributed by atoms with van der Waals surface area (Å²) in [6.45, 7) is 1.60. The Labute approximate surface area is 167 Å². The van der Waals surface area contributed by atoms with Gasteiger partial charge in [0.1, 0.15) is 11.6 Å². The summed E-state index contributed by atoms with van der Waals surface area (Å²) in [5.41, 5.74) is 3.63. The maximum absolute atomic E-state index is 12.9. The van der Waals surface area contributed by atoms with Gasteiger partial charge in [-0.15, -0.1) is 0 Å². The smallest absolute Gasteiger partial charge is 0.258 e. The van der Waals surface area contributed by atoms with E-state index in [2.05, 4.69) is 32.6 Å². The fourth-order valence-corrected chi connectivity index (χ4v) is 4.11. The molecule has 1 fully saturated rings. The molecular weight excluding hydrogens is 366 g/mol. The number of nitrogens with one attached hydrogen (secondary N) is 3. The topological polar surface area (TPSA) is 95.7 Å². The lowest BCUT2D eigenvalue weighted by Gasteiger charge is -2.19. The molecule has 7 nitrogen and oxygen atoms in total. The van der Waals surface area contributed by atoms with E-state index in [1.165, 1.54) is 5.56 Å². The molecule has 0 aliphatic carbocycles. The Morgan fingerprint density at radius 1 is 1.07 bits per heavy atom. The van der Waals surface area contributed by atoms with Gasteiger partial charge in [0.25, 0.3) is 5.56 Å². The first-order chi connectivity index (χ1) is 14.2. The second kappa shape index (κ2) is 7.18. The van der Waals surface area contributed by atoms with Gasteiger partial charge >= 0.3 is 0 Å². The predicted molar refractivity (Wildman–Crippen MR) is 111 cm³/mol. The van der Waals surface area contributed by atoms with Crippen LogP contribution in [-0.2, 0) is 0 Å². The van der Waals surface area contributed by atoms with E-state index in [1.54, 1.807) is 19.5 Å². The summed E-state index contributed by atoms with van der Waals surface area (Å²) < 4.78 is 5.37. The van der Waals surface area contributed by atoms with Crippen LogP contribution in [0.3, 0.4) is 0 Å². The molecule has 0 radical (unpaired) electrons. The molecule has 0 bridgehead atoms. The lowest BCUT2D eigenvalue weighted by Crippen LogP contribution is -2.19. The van der Waals surface area contributed by atoms with Gasteiger partial charge in [0.15, 0.2) is 0 Å². The number of fused-ring (bicyclic) bond motifs is 1. The number of aromatic amines is 2. The molecule has 1 saturated heterocycles. The quantitative estimate of drug-likeness (QED) is 0.500. The Balaban J connectivity index is 1.54. The number of nitrogens with zero attached hydrogens (tertiary/aromatic N) is 2. The van der Waals surface area contributed by atoms with E-state index in [1.807, 2.05) is 30.3 Å². The highest BCUT2D eigenvalue weighted by Gasteiger charge is 2.32. The zero-order chi connectivity index (χ0) is 19.8. The number of methoxy groups -OCH3 is 1. The van der Waals surface area contributed by atoms with Crippen LogP contribution < -0.4 is 15.6 Å². The van der Waals surface area contributed by atoms with Crippen LogP contribution in [0.4, 0.5) is 0 Å². The van der Waals surface area contributed by atoms with Crippen molar-refractivity contribution >= 4 is 10.9 Å². The lowest BCUT2D eigenvalue weighted by atomic mass is 9.88. The zero-order valence-corrected chi connectivity index (χ0v) is 16.0. The highest BCUT2D eigenvalue weighted by molar-refractivity contribution is 5.83.